The highest BCUT2D eigenvalue weighted by Gasteiger charge is 2.20. The quantitative estimate of drug-likeness (QED) is 0.315. The Bertz CT molecular complexity index is 420. The molecule has 2 rings (SSSR count). The predicted octanol–water partition coefficient (Wildman–Crippen LogP) is 2.02. The molecule has 164 valence electrons. The summed E-state index contributed by atoms with van der Waals surface area (Å²) in [5.41, 5.74) is 0. The first-order valence-corrected chi connectivity index (χ1v) is 11.3. The van der Waals surface area contributed by atoms with E-state index in [1.165, 1.54) is 0 Å². The van der Waals surface area contributed by atoms with Crippen LogP contribution < -0.4 is 10.6 Å². The summed E-state index contributed by atoms with van der Waals surface area (Å²) < 4.78 is 17.0. The van der Waals surface area contributed by atoms with Gasteiger partial charge in [-0.05, 0) is 52.9 Å². The van der Waals surface area contributed by atoms with E-state index in [4.69, 9.17) is 19.2 Å². The molecule has 0 atom stereocenters. The van der Waals surface area contributed by atoms with Gasteiger partial charge in [-0.2, -0.15) is 0 Å². The Labute approximate surface area is 171 Å². The number of nitrogens with zero attached hydrogens (tertiary/aromatic N) is 2. The summed E-state index contributed by atoms with van der Waals surface area (Å²) in [4.78, 5) is 7.23. The minimum absolute atomic E-state index is 0.320. The van der Waals surface area contributed by atoms with Crippen LogP contribution in [0.2, 0.25) is 0 Å². The third kappa shape index (κ3) is 10.0. The van der Waals surface area contributed by atoms with Crippen molar-refractivity contribution in [2.45, 2.75) is 71.1 Å². The van der Waals surface area contributed by atoms with Gasteiger partial charge in [0.1, 0.15) is 0 Å². The topological polar surface area (TPSA) is 67.4 Å². The minimum atomic E-state index is 0.320. The van der Waals surface area contributed by atoms with Gasteiger partial charge >= 0.3 is 0 Å². The highest BCUT2D eigenvalue weighted by molar-refractivity contribution is 5.80. The molecule has 2 fully saturated rings. The van der Waals surface area contributed by atoms with Crippen LogP contribution in [-0.2, 0) is 14.2 Å². The van der Waals surface area contributed by atoms with Gasteiger partial charge in [0, 0.05) is 58.6 Å². The van der Waals surface area contributed by atoms with E-state index >= 15 is 0 Å². The van der Waals surface area contributed by atoms with Crippen molar-refractivity contribution in [2.75, 3.05) is 59.2 Å². The number of nitrogens with one attached hydrogen (secondary N) is 2. The number of aliphatic imine (C=N–C) groups is 1. The van der Waals surface area contributed by atoms with Crippen LogP contribution in [0.15, 0.2) is 4.99 Å². The van der Waals surface area contributed by atoms with Crippen LogP contribution in [0.3, 0.4) is 0 Å². The number of guanidine groups is 1. The average molecular weight is 399 g/mol. The molecule has 0 amide bonds. The lowest BCUT2D eigenvalue weighted by molar-refractivity contribution is -0.0318. The van der Waals surface area contributed by atoms with Crippen LogP contribution in [0, 0.1) is 0 Å². The summed E-state index contributed by atoms with van der Waals surface area (Å²) in [6.07, 6.45) is 6.01. The van der Waals surface area contributed by atoms with Gasteiger partial charge in [-0.15, -0.1) is 0 Å². The first-order chi connectivity index (χ1) is 13.7. The van der Waals surface area contributed by atoms with Crippen LogP contribution >= 0.6 is 0 Å². The van der Waals surface area contributed by atoms with E-state index in [2.05, 4.69) is 36.3 Å². The number of likely N-dealkylation sites (tertiary alicyclic amines) is 1. The zero-order valence-corrected chi connectivity index (χ0v) is 18.3. The van der Waals surface area contributed by atoms with Gasteiger partial charge in [-0.25, -0.2) is 0 Å². The average Bonchev–Trinajstić information content (AvgIpc) is 2.69. The van der Waals surface area contributed by atoms with E-state index in [-0.39, 0.29) is 0 Å². The van der Waals surface area contributed by atoms with Crippen molar-refractivity contribution in [2.24, 2.45) is 4.99 Å². The molecule has 0 spiro atoms. The molecule has 0 unspecified atom stereocenters. The van der Waals surface area contributed by atoms with Crippen molar-refractivity contribution < 1.29 is 14.2 Å². The lowest BCUT2D eigenvalue weighted by atomic mass is 10.1. The zero-order valence-electron chi connectivity index (χ0n) is 18.3. The summed E-state index contributed by atoms with van der Waals surface area (Å²) in [6.45, 7) is 14.5. The molecule has 0 aromatic heterocycles. The molecule has 0 saturated carbocycles. The molecule has 7 nitrogen and oxygen atoms in total. The number of rotatable bonds is 11. The van der Waals surface area contributed by atoms with E-state index in [1.54, 1.807) is 0 Å². The van der Waals surface area contributed by atoms with Gasteiger partial charge in [0.05, 0.1) is 18.8 Å². The highest BCUT2D eigenvalue weighted by atomic mass is 16.5. The van der Waals surface area contributed by atoms with Crippen LogP contribution in [0.4, 0.5) is 0 Å². The Morgan fingerprint density at radius 1 is 1.14 bits per heavy atom. The largest absolute Gasteiger partial charge is 0.381 e. The third-order valence-corrected chi connectivity index (χ3v) is 5.23. The van der Waals surface area contributed by atoms with E-state index < -0.39 is 0 Å². The normalized spacial score (nSPS) is 20.6. The maximum absolute atomic E-state index is 5.93. The second-order valence-corrected chi connectivity index (χ2v) is 7.98. The van der Waals surface area contributed by atoms with E-state index in [0.717, 1.165) is 97.2 Å². The molecule has 28 heavy (non-hydrogen) atoms. The Morgan fingerprint density at radius 2 is 1.89 bits per heavy atom. The molecule has 2 saturated heterocycles. The number of hydrogen-bond acceptors (Lipinski definition) is 5. The molecule has 0 radical (unpaired) electrons. The van der Waals surface area contributed by atoms with Crippen LogP contribution in [0.5, 0.6) is 0 Å². The summed E-state index contributed by atoms with van der Waals surface area (Å²) in [5, 5.41) is 6.99. The van der Waals surface area contributed by atoms with Gasteiger partial charge in [0.15, 0.2) is 5.96 Å². The third-order valence-electron chi connectivity index (χ3n) is 5.23. The van der Waals surface area contributed by atoms with Gasteiger partial charge in [0.25, 0.3) is 0 Å². The first-order valence-electron chi connectivity index (χ1n) is 11.3. The minimum Gasteiger partial charge on any atom is -0.381 e. The molecule has 2 heterocycles. The summed E-state index contributed by atoms with van der Waals surface area (Å²) in [7, 11) is 0. The van der Waals surface area contributed by atoms with Crippen molar-refractivity contribution in [1.82, 2.24) is 15.5 Å². The molecule has 0 aromatic carbocycles. The molecule has 2 aliphatic heterocycles. The fourth-order valence-electron chi connectivity index (χ4n) is 3.58. The molecule has 0 aliphatic carbocycles. The fourth-order valence-corrected chi connectivity index (χ4v) is 3.58. The summed E-state index contributed by atoms with van der Waals surface area (Å²) in [5.74, 6) is 0.940. The maximum atomic E-state index is 5.93. The Kier molecular flexibility index (Phi) is 11.8. The second-order valence-electron chi connectivity index (χ2n) is 7.98. The standard InChI is InChI=1S/C21H42N4O3/c1-4-22-21(23-10-5-14-28-20-8-15-26-16-9-20)24-19-6-11-25(12-7-19)13-17-27-18(2)3/h18-20H,4-17H2,1-3H3,(H2,22,23,24). The first kappa shape index (κ1) is 23.4. The van der Waals surface area contributed by atoms with E-state index in [9.17, 15) is 0 Å². The number of piperidine rings is 1. The summed E-state index contributed by atoms with van der Waals surface area (Å²) in [6, 6.07) is 0.499. The molecule has 2 N–H and O–H groups in total. The fraction of sp³-hybridized carbons (Fsp3) is 0.952. The lowest BCUT2D eigenvalue weighted by Crippen LogP contribution is -2.49. The molecular weight excluding hydrogens is 356 g/mol. The van der Waals surface area contributed by atoms with Gasteiger partial charge in [-0.3, -0.25) is 4.99 Å². The maximum Gasteiger partial charge on any atom is 0.191 e. The van der Waals surface area contributed by atoms with E-state index in [0.29, 0.717) is 18.2 Å². The molecule has 2 aliphatic rings. The van der Waals surface area contributed by atoms with Crippen molar-refractivity contribution in [1.29, 1.82) is 0 Å². The second kappa shape index (κ2) is 14.1. The van der Waals surface area contributed by atoms with E-state index in [1.807, 2.05) is 0 Å². The Balaban J connectivity index is 1.60. The van der Waals surface area contributed by atoms with Crippen molar-refractivity contribution in [3.8, 4) is 0 Å². The SMILES string of the molecule is CCNC(=NCCCOC1CCOCC1)NC1CCN(CCOC(C)C)CC1. The Morgan fingerprint density at radius 3 is 2.57 bits per heavy atom. The van der Waals surface area contributed by atoms with Crippen LogP contribution in [0.25, 0.3) is 0 Å². The smallest absolute Gasteiger partial charge is 0.191 e. The molecule has 0 bridgehead atoms. The molecular formula is C21H42N4O3. The molecule has 7 heteroatoms. The zero-order chi connectivity index (χ0) is 20.0. The highest BCUT2D eigenvalue weighted by Crippen LogP contribution is 2.11. The molecule has 0 aromatic rings. The lowest BCUT2D eigenvalue weighted by Gasteiger charge is -2.33. The monoisotopic (exact) mass is 398 g/mol. The van der Waals surface area contributed by atoms with Crippen LogP contribution in [0.1, 0.15) is 52.9 Å². The number of hydrogen-bond donors (Lipinski definition) is 2. The van der Waals surface area contributed by atoms with Crippen LogP contribution in [-0.4, -0.2) is 88.3 Å². The van der Waals surface area contributed by atoms with Gasteiger partial charge < -0.3 is 29.7 Å². The van der Waals surface area contributed by atoms with Crippen molar-refractivity contribution in [3.63, 3.8) is 0 Å². The number of ether oxygens (including phenoxy) is 3. The van der Waals surface area contributed by atoms with Gasteiger partial charge in [0.2, 0.25) is 0 Å². The predicted molar refractivity (Wildman–Crippen MR) is 114 cm³/mol. The van der Waals surface area contributed by atoms with Crippen molar-refractivity contribution in [3.05, 3.63) is 0 Å². The summed E-state index contributed by atoms with van der Waals surface area (Å²) >= 11 is 0. The van der Waals surface area contributed by atoms with Gasteiger partial charge in [-0.1, -0.05) is 0 Å². The van der Waals surface area contributed by atoms with Crippen molar-refractivity contribution >= 4 is 5.96 Å². The Hall–Kier alpha value is -0.890.